The summed E-state index contributed by atoms with van der Waals surface area (Å²) in [7, 11) is 4.33. The van der Waals surface area contributed by atoms with Crippen LogP contribution in [0.15, 0.2) is 28.9 Å². The van der Waals surface area contributed by atoms with E-state index in [1.807, 2.05) is 24.4 Å². The topological polar surface area (TPSA) is 41.0 Å². The third-order valence-corrected chi connectivity index (χ3v) is 4.75. The summed E-state index contributed by atoms with van der Waals surface area (Å²) in [5, 5.41) is 4.57. The van der Waals surface area contributed by atoms with Gasteiger partial charge in [0.2, 0.25) is 5.95 Å². The number of benzene rings is 1. The SMILES string of the molecule is CN(C)[C@H]1CCC[C@@H](Nc2ncc3cc(Br)ccc3n2)C1. The Kier molecular flexibility index (Phi) is 4.40. The van der Waals surface area contributed by atoms with Gasteiger partial charge in [0.1, 0.15) is 0 Å². The molecule has 0 aliphatic heterocycles. The van der Waals surface area contributed by atoms with Crippen LogP contribution in [-0.4, -0.2) is 41.0 Å². The van der Waals surface area contributed by atoms with Crippen LogP contribution in [0.5, 0.6) is 0 Å². The highest BCUT2D eigenvalue weighted by molar-refractivity contribution is 9.10. The van der Waals surface area contributed by atoms with Gasteiger partial charge >= 0.3 is 0 Å². The number of halogens is 1. The molecule has 0 spiro atoms. The molecule has 0 unspecified atom stereocenters. The zero-order chi connectivity index (χ0) is 14.8. The molecule has 2 aromatic rings. The smallest absolute Gasteiger partial charge is 0.223 e. The molecule has 0 amide bonds. The van der Waals surface area contributed by atoms with Gasteiger partial charge in [-0.3, -0.25) is 0 Å². The zero-order valence-corrected chi connectivity index (χ0v) is 14.1. The minimum Gasteiger partial charge on any atom is -0.351 e. The van der Waals surface area contributed by atoms with Crippen molar-refractivity contribution in [2.45, 2.75) is 37.8 Å². The first-order valence-corrected chi connectivity index (χ1v) is 8.26. The van der Waals surface area contributed by atoms with Gasteiger partial charge in [-0.15, -0.1) is 0 Å². The predicted molar refractivity (Wildman–Crippen MR) is 90.6 cm³/mol. The molecule has 1 heterocycles. The molecule has 5 heteroatoms. The largest absolute Gasteiger partial charge is 0.351 e. The van der Waals surface area contributed by atoms with E-state index in [9.17, 15) is 0 Å². The standard InChI is InChI=1S/C16H21BrN4/c1-21(2)14-5-3-4-13(9-14)19-16-18-10-11-8-12(17)6-7-15(11)20-16/h6-8,10,13-14H,3-5,9H2,1-2H3,(H,18,19,20)/t13-,14+/m1/s1. The van der Waals surface area contributed by atoms with E-state index in [4.69, 9.17) is 0 Å². The van der Waals surface area contributed by atoms with Gasteiger partial charge in [0, 0.05) is 28.1 Å². The molecule has 1 N–H and O–H groups in total. The molecule has 0 bridgehead atoms. The van der Waals surface area contributed by atoms with Gasteiger partial charge in [-0.2, -0.15) is 0 Å². The summed E-state index contributed by atoms with van der Waals surface area (Å²) in [4.78, 5) is 11.4. The van der Waals surface area contributed by atoms with E-state index in [-0.39, 0.29) is 0 Å². The maximum Gasteiger partial charge on any atom is 0.223 e. The van der Waals surface area contributed by atoms with Gasteiger partial charge in [0.25, 0.3) is 0 Å². The summed E-state index contributed by atoms with van der Waals surface area (Å²) >= 11 is 3.47. The summed E-state index contributed by atoms with van der Waals surface area (Å²) in [5.41, 5.74) is 0.982. The van der Waals surface area contributed by atoms with Gasteiger partial charge in [0.05, 0.1) is 5.52 Å². The molecule has 1 aliphatic carbocycles. The van der Waals surface area contributed by atoms with Crippen LogP contribution in [0.3, 0.4) is 0 Å². The van der Waals surface area contributed by atoms with E-state index >= 15 is 0 Å². The number of hydrogen-bond donors (Lipinski definition) is 1. The summed E-state index contributed by atoms with van der Waals surface area (Å²) in [6, 6.07) is 7.21. The van der Waals surface area contributed by atoms with Gasteiger partial charge in [0.15, 0.2) is 0 Å². The summed E-state index contributed by atoms with van der Waals surface area (Å²) in [6.45, 7) is 0. The Morgan fingerprint density at radius 3 is 2.95 bits per heavy atom. The Balaban J connectivity index is 1.74. The van der Waals surface area contributed by atoms with Crippen molar-refractivity contribution in [2.75, 3.05) is 19.4 Å². The molecule has 0 saturated heterocycles. The molecule has 3 rings (SSSR count). The molecule has 1 aliphatic rings. The molecular weight excluding hydrogens is 328 g/mol. The monoisotopic (exact) mass is 348 g/mol. The second kappa shape index (κ2) is 6.28. The Hall–Kier alpha value is -1.20. The van der Waals surface area contributed by atoms with Crippen molar-refractivity contribution in [3.8, 4) is 0 Å². The number of rotatable bonds is 3. The molecule has 1 aromatic carbocycles. The number of fused-ring (bicyclic) bond motifs is 1. The molecule has 21 heavy (non-hydrogen) atoms. The van der Waals surface area contributed by atoms with Crippen LogP contribution in [0.25, 0.3) is 10.9 Å². The van der Waals surface area contributed by atoms with Gasteiger partial charge in [-0.1, -0.05) is 15.9 Å². The lowest BCUT2D eigenvalue weighted by molar-refractivity contribution is 0.219. The minimum atomic E-state index is 0.471. The van der Waals surface area contributed by atoms with E-state index in [0.29, 0.717) is 12.1 Å². The van der Waals surface area contributed by atoms with Crippen LogP contribution in [0.1, 0.15) is 25.7 Å². The normalized spacial score (nSPS) is 22.7. The van der Waals surface area contributed by atoms with Crippen molar-refractivity contribution < 1.29 is 0 Å². The first-order chi connectivity index (χ1) is 10.1. The van der Waals surface area contributed by atoms with Crippen molar-refractivity contribution in [2.24, 2.45) is 0 Å². The summed E-state index contributed by atoms with van der Waals surface area (Å²) in [5.74, 6) is 0.745. The zero-order valence-electron chi connectivity index (χ0n) is 12.5. The second-order valence-electron chi connectivity index (χ2n) is 6.02. The van der Waals surface area contributed by atoms with Crippen LogP contribution >= 0.6 is 15.9 Å². The van der Waals surface area contributed by atoms with Crippen molar-refractivity contribution in [1.29, 1.82) is 0 Å². The fourth-order valence-corrected chi connectivity index (χ4v) is 3.40. The minimum absolute atomic E-state index is 0.471. The first-order valence-electron chi connectivity index (χ1n) is 7.47. The summed E-state index contributed by atoms with van der Waals surface area (Å²) in [6.07, 6.45) is 6.81. The maximum atomic E-state index is 4.62. The van der Waals surface area contributed by atoms with Crippen LogP contribution in [-0.2, 0) is 0 Å². The molecule has 0 radical (unpaired) electrons. The van der Waals surface area contributed by atoms with Gasteiger partial charge < -0.3 is 10.2 Å². The van der Waals surface area contributed by atoms with E-state index in [0.717, 1.165) is 27.7 Å². The highest BCUT2D eigenvalue weighted by Crippen LogP contribution is 2.24. The number of nitrogens with zero attached hydrogens (tertiary/aromatic N) is 3. The van der Waals surface area contributed by atoms with Crippen LogP contribution < -0.4 is 5.32 Å². The van der Waals surface area contributed by atoms with E-state index in [1.165, 1.54) is 19.3 Å². The Bertz CT molecular complexity index is 629. The average Bonchev–Trinajstić information content (AvgIpc) is 2.48. The van der Waals surface area contributed by atoms with Crippen molar-refractivity contribution in [3.63, 3.8) is 0 Å². The molecule has 2 atom stereocenters. The molecule has 1 aromatic heterocycles. The second-order valence-corrected chi connectivity index (χ2v) is 6.94. The highest BCUT2D eigenvalue weighted by Gasteiger charge is 2.23. The first kappa shape index (κ1) is 14.7. The van der Waals surface area contributed by atoms with Gasteiger partial charge in [-0.05, 0) is 58.0 Å². The predicted octanol–water partition coefficient (Wildman–Crippen LogP) is 3.68. The molecule has 1 saturated carbocycles. The van der Waals surface area contributed by atoms with Crippen LogP contribution in [0, 0.1) is 0 Å². The van der Waals surface area contributed by atoms with E-state index in [2.05, 4.69) is 50.2 Å². The molecule has 112 valence electrons. The molecule has 4 nitrogen and oxygen atoms in total. The number of nitrogens with one attached hydrogen (secondary N) is 1. The fourth-order valence-electron chi connectivity index (χ4n) is 3.02. The Labute approximate surface area is 134 Å². The third kappa shape index (κ3) is 3.52. The number of aromatic nitrogens is 2. The van der Waals surface area contributed by atoms with Crippen LogP contribution in [0.4, 0.5) is 5.95 Å². The number of anilines is 1. The van der Waals surface area contributed by atoms with Gasteiger partial charge in [-0.25, -0.2) is 9.97 Å². The highest BCUT2D eigenvalue weighted by atomic mass is 79.9. The molecular formula is C16H21BrN4. The lowest BCUT2D eigenvalue weighted by Crippen LogP contribution is -2.38. The van der Waals surface area contributed by atoms with E-state index < -0.39 is 0 Å². The maximum absolute atomic E-state index is 4.62. The average molecular weight is 349 g/mol. The van der Waals surface area contributed by atoms with E-state index in [1.54, 1.807) is 0 Å². The lowest BCUT2D eigenvalue weighted by Gasteiger charge is -2.33. The summed E-state index contributed by atoms with van der Waals surface area (Å²) < 4.78 is 1.06. The van der Waals surface area contributed by atoms with Crippen LogP contribution in [0.2, 0.25) is 0 Å². The lowest BCUT2D eigenvalue weighted by atomic mass is 9.90. The number of hydrogen-bond acceptors (Lipinski definition) is 4. The Morgan fingerprint density at radius 1 is 1.29 bits per heavy atom. The van der Waals surface area contributed by atoms with Crippen molar-refractivity contribution in [1.82, 2.24) is 14.9 Å². The fraction of sp³-hybridized carbons (Fsp3) is 0.500. The van der Waals surface area contributed by atoms with Crippen molar-refractivity contribution in [3.05, 3.63) is 28.9 Å². The Morgan fingerprint density at radius 2 is 2.14 bits per heavy atom. The quantitative estimate of drug-likeness (QED) is 0.918. The van der Waals surface area contributed by atoms with Crippen molar-refractivity contribution >= 4 is 32.8 Å². The molecule has 1 fully saturated rings. The third-order valence-electron chi connectivity index (χ3n) is 4.25.